The van der Waals surface area contributed by atoms with E-state index in [1.165, 1.54) is 18.2 Å². The van der Waals surface area contributed by atoms with Crippen molar-refractivity contribution in [1.82, 2.24) is 25.3 Å². The van der Waals surface area contributed by atoms with E-state index in [2.05, 4.69) is 20.6 Å². The van der Waals surface area contributed by atoms with E-state index in [-0.39, 0.29) is 12.1 Å². The molecule has 0 radical (unpaired) electrons. The molecule has 7 heteroatoms. The lowest BCUT2D eigenvalue weighted by Gasteiger charge is -2.03. The zero-order chi connectivity index (χ0) is 15.4. The number of carbonyl (C=O) groups is 1. The van der Waals surface area contributed by atoms with E-state index in [0.29, 0.717) is 5.69 Å². The van der Waals surface area contributed by atoms with Crippen molar-refractivity contribution in [2.45, 2.75) is 6.54 Å². The number of carbonyl (C=O) groups excluding carboxylic acids is 1. The Balaban J connectivity index is 1.67. The molecule has 0 aliphatic carbocycles. The molecule has 0 aliphatic rings. The van der Waals surface area contributed by atoms with E-state index in [0.717, 1.165) is 5.69 Å². The van der Waals surface area contributed by atoms with Crippen LogP contribution in [-0.4, -0.2) is 25.9 Å². The van der Waals surface area contributed by atoms with Crippen LogP contribution in [0.3, 0.4) is 0 Å². The number of aromatic nitrogens is 4. The van der Waals surface area contributed by atoms with Crippen LogP contribution in [0.4, 0.5) is 4.39 Å². The molecule has 3 rings (SSSR count). The maximum absolute atomic E-state index is 13.5. The highest BCUT2D eigenvalue weighted by molar-refractivity contribution is 5.94. The summed E-state index contributed by atoms with van der Waals surface area (Å²) in [6, 6.07) is 9.44. The van der Waals surface area contributed by atoms with E-state index >= 15 is 0 Å². The minimum Gasteiger partial charge on any atom is -0.346 e. The number of amides is 1. The summed E-state index contributed by atoms with van der Waals surface area (Å²) in [5.74, 6) is -1.05. The Bertz CT molecular complexity index is 787. The third-order valence-corrected chi connectivity index (χ3v) is 3.00. The van der Waals surface area contributed by atoms with Crippen molar-refractivity contribution in [1.29, 1.82) is 0 Å². The largest absolute Gasteiger partial charge is 0.346 e. The molecule has 0 spiro atoms. The van der Waals surface area contributed by atoms with Gasteiger partial charge in [-0.05, 0) is 24.3 Å². The number of hydrogen-bond acceptors (Lipinski definition) is 4. The lowest BCUT2D eigenvalue weighted by molar-refractivity contribution is 0.0946. The normalized spacial score (nSPS) is 10.4. The molecule has 110 valence electrons. The summed E-state index contributed by atoms with van der Waals surface area (Å²) in [5, 5.41) is 10.5. The predicted molar refractivity (Wildman–Crippen MR) is 76.7 cm³/mol. The van der Waals surface area contributed by atoms with E-state index < -0.39 is 11.7 Å². The van der Waals surface area contributed by atoms with Gasteiger partial charge in [0.2, 0.25) is 0 Å². The number of nitrogens with zero attached hydrogens (tertiary/aromatic N) is 4. The van der Waals surface area contributed by atoms with Crippen LogP contribution in [0.2, 0.25) is 0 Å². The number of rotatable bonds is 4. The van der Waals surface area contributed by atoms with Crippen LogP contribution in [0.5, 0.6) is 0 Å². The lowest BCUT2D eigenvalue weighted by atomic mass is 10.2. The highest BCUT2D eigenvalue weighted by Gasteiger charge is 2.11. The van der Waals surface area contributed by atoms with Crippen molar-refractivity contribution in [3.8, 4) is 5.69 Å². The molecule has 3 aromatic rings. The average Bonchev–Trinajstić information content (AvgIpc) is 3.03. The molecular weight excluding hydrogens is 285 g/mol. The Hall–Kier alpha value is -3.09. The number of halogens is 1. The Kier molecular flexibility index (Phi) is 3.86. The van der Waals surface area contributed by atoms with Gasteiger partial charge in [0.15, 0.2) is 0 Å². The number of benzene rings is 1. The van der Waals surface area contributed by atoms with Gasteiger partial charge < -0.3 is 5.32 Å². The fourth-order valence-electron chi connectivity index (χ4n) is 1.91. The van der Waals surface area contributed by atoms with Gasteiger partial charge in [0.1, 0.15) is 11.5 Å². The SMILES string of the molecule is O=C(NCc1cn(-c2cccnc2)nn1)c1ccccc1F. The first-order valence-electron chi connectivity index (χ1n) is 6.58. The van der Waals surface area contributed by atoms with Gasteiger partial charge in [0.25, 0.3) is 5.91 Å². The van der Waals surface area contributed by atoms with Gasteiger partial charge in [0.05, 0.1) is 30.2 Å². The van der Waals surface area contributed by atoms with Crippen LogP contribution in [0.25, 0.3) is 5.69 Å². The molecule has 1 amide bonds. The van der Waals surface area contributed by atoms with Gasteiger partial charge in [-0.2, -0.15) is 0 Å². The summed E-state index contributed by atoms with van der Waals surface area (Å²) >= 11 is 0. The molecule has 22 heavy (non-hydrogen) atoms. The van der Waals surface area contributed by atoms with E-state index in [9.17, 15) is 9.18 Å². The second kappa shape index (κ2) is 6.13. The van der Waals surface area contributed by atoms with Crippen LogP contribution >= 0.6 is 0 Å². The van der Waals surface area contributed by atoms with Crippen molar-refractivity contribution < 1.29 is 9.18 Å². The van der Waals surface area contributed by atoms with Crippen molar-refractivity contribution in [2.24, 2.45) is 0 Å². The third-order valence-electron chi connectivity index (χ3n) is 3.00. The maximum atomic E-state index is 13.5. The smallest absolute Gasteiger partial charge is 0.254 e. The maximum Gasteiger partial charge on any atom is 0.254 e. The molecule has 0 atom stereocenters. The zero-order valence-corrected chi connectivity index (χ0v) is 11.5. The van der Waals surface area contributed by atoms with Gasteiger partial charge in [-0.25, -0.2) is 9.07 Å². The Morgan fingerprint density at radius 1 is 1.23 bits per heavy atom. The molecule has 0 saturated heterocycles. The van der Waals surface area contributed by atoms with Crippen molar-refractivity contribution >= 4 is 5.91 Å². The first-order valence-corrected chi connectivity index (χ1v) is 6.58. The molecule has 0 aliphatic heterocycles. The van der Waals surface area contributed by atoms with Crippen molar-refractivity contribution in [3.63, 3.8) is 0 Å². The second-order valence-corrected chi connectivity index (χ2v) is 4.53. The molecule has 0 fully saturated rings. The monoisotopic (exact) mass is 297 g/mol. The van der Waals surface area contributed by atoms with Crippen molar-refractivity contribution in [2.75, 3.05) is 0 Å². The molecule has 2 aromatic heterocycles. The van der Waals surface area contributed by atoms with Gasteiger partial charge in [0, 0.05) is 6.20 Å². The summed E-state index contributed by atoms with van der Waals surface area (Å²) in [4.78, 5) is 15.9. The summed E-state index contributed by atoms with van der Waals surface area (Å²) < 4.78 is 15.0. The number of hydrogen-bond donors (Lipinski definition) is 1. The fraction of sp³-hybridized carbons (Fsp3) is 0.0667. The van der Waals surface area contributed by atoms with Gasteiger partial charge in [-0.1, -0.05) is 17.3 Å². The molecule has 0 saturated carbocycles. The molecule has 0 unspecified atom stereocenters. The van der Waals surface area contributed by atoms with Gasteiger partial charge in [-0.15, -0.1) is 5.10 Å². The summed E-state index contributed by atoms with van der Waals surface area (Å²) in [5.41, 5.74) is 1.33. The number of pyridine rings is 1. The quantitative estimate of drug-likeness (QED) is 0.796. The summed E-state index contributed by atoms with van der Waals surface area (Å²) in [7, 11) is 0. The van der Waals surface area contributed by atoms with E-state index in [1.54, 1.807) is 35.4 Å². The van der Waals surface area contributed by atoms with E-state index in [4.69, 9.17) is 0 Å². The highest BCUT2D eigenvalue weighted by atomic mass is 19.1. The van der Waals surface area contributed by atoms with Crippen LogP contribution in [0.15, 0.2) is 55.0 Å². The standard InChI is InChI=1S/C15H12FN5O/c16-14-6-2-1-5-13(14)15(22)18-8-11-10-21(20-19-11)12-4-3-7-17-9-12/h1-7,9-10H,8H2,(H,18,22). The van der Waals surface area contributed by atoms with Crippen LogP contribution in [0.1, 0.15) is 16.1 Å². The average molecular weight is 297 g/mol. The summed E-state index contributed by atoms with van der Waals surface area (Å²) in [6.45, 7) is 0.160. The lowest BCUT2D eigenvalue weighted by Crippen LogP contribution is -2.23. The van der Waals surface area contributed by atoms with E-state index in [1.807, 2.05) is 6.07 Å². The third kappa shape index (κ3) is 2.98. The minimum absolute atomic E-state index is 0.00199. The highest BCUT2D eigenvalue weighted by Crippen LogP contribution is 2.07. The predicted octanol–water partition coefficient (Wildman–Crippen LogP) is 1.73. The van der Waals surface area contributed by atoms with Gasteiger partial charge >= 0.3 is 0 Å². The molecule has 1 aromatic carbocycles. The first kappa shape index (κ1) is 13.9. The molecular formula is C15H12FN5O. The molecule has 0 bridgehead atoms. The molecule has 1 N–H and O–H groups in total. The minimum atomic E-state index is -0.556. The Morgan fingerprint density at radius 3 is 2.86 bits per heavy atom. The second-order valence-electron chi connectivity index (χ2n) is 4.53. The Morgan fingerprint density at radius 2 is 2.09 bits per heavy atom. The van der Waals surface area contributed by atoms with Crippen LogP contribution in [0, 0.1) is 5.82 Å². The first-order chi connectivity index (χ1) is 10.7. The van der Waals surface area contributed by atoms with Crippen LogP contribution in [-0.2, 0) is 6.54 Å². The van der Waals surface area contributed by atoms with Crippen LogP contribution < -0.4 is 5.32 Å². The summed E-state index contributed by atoms with van der Waals surface area (Å²) in [6.07, 6.45) is 4.99. The topological polar surface area (TPSA) is 72.7 Å². The Labute approximate surface area is 125 Å². The van der Waals surface area contributed by atoms with Gasteiger partial charge in [-0.3, -0.25) is 9.78 Å². The number of nitrogens with one attached hydrogen (secondary N) is 1. The molecule has 2 heterocycles. The zero-order valence-electron chi connectivity index (χ0n) is 11.5. The van der Waals surface area contributed by atoms with Crippen molar-refractivity contribution in [3.05, 3.63) is 72.1 Å². The molecule has 6 nitrogen and oxygen atoms in total. The fourth-order valence-corrected chi connectivity index (χ4v) is 1.91.